The van der Waals surface area contributed by atoms with Crippen LogP contribution in [0, 0.1) is 5.92 Å². The van der Waals surface area contributed by atoms with Gasteiger partial charge in [-0.15, -0.1) is 0 Å². The average Bonchev–Trinajstić information content (AvgIpc) is 2.77. The van der Waals surface area contributed by atoms with Crippen molar-refractivity contribution < 1.29 is 9.32 Å². The van der Waals surface area contributed by atoms with Crippen molar-refractivity contribution in [2.24, 2.45) is 5.92 Å². The fourth-order valence-corrected chi connectivity index (χ4v) is 2.22. The molecule has 1 aliphatic rings. The van der Waals surface area contributed by atoms with Gasteiger partial charge in [0.05, 0.1) is 12.7 Å². The number of carbonyl (C=O) groups is 1. The van der Waals surface area contributed by atoms with Gasteiger partial charge in [-0.1, -0.05) is 19.0 Å². The first-order valence-electron chi connectivity index (χ1n) is 5.97. The lowest BCUT2D eigenvalue weighted by molar-refractivity contribution is -0.136. The molecule has 0 radical (unpaired) electrons. The van der Waals surface area contributed by atoms with Gasteiger partial charge in [-0.25, -0.2) is 0 Å². The van der Waals surface area contributed by atoms with Crippen LogP contribution in [0.2, 0.25) is 0 Å². The van der Waals surface area contributed by atoms with Crippen molar-refractivity contribution in [1.29, 1.82) is 0 Å². The molecule has 2 rings (SSSR count). The van der Waals surface area contributed by atoms with Gasteiger partial charge < -0.3 is 9.42 Å². The predicted molar refractivity (Wildman–Crippen MR) is 59.7 cm³/mol. The lowest BCUT2D eigenvalue weighted by Gasteiger charge is -2.28. The van der Waals surface area contributed by atoms with Gasteiger partial charge in [-0.2, -0.15) is 0 Å². The second kappa shape index (κ2) is 4.68. The first-order chi connectivity index (χ1) is 7.76. The zero-order chi connectivity index (χ0) is 11.5. The van der Waals surface area contributed by atoms with Gasteiger partial charge in [0.1, 0.15) is 5.76 Å². The van der Waals surface area contributed by atoms with E-state index in [1.54, 1.807) is 6.20 Å². The molecule has 16 heavy (non-hydrogen) atoms. The lowest BCUT2D eigenvalue weighted by atomic mass is 10.00. The summed E-state index contributed by atoms with van der Waals surface area (Å²) >= 11 is 0. The van der Waals surface area contributed by atoms with Crippen molar-refractivity contribution >= 4 is 5.91 Å². The third-order valence-electron chi connectivity index (χ3n) is 3.35. The van der Waals surface area contributed by atoms with Crippen molar-refractivity contribution in [1.82, 2.24) is 10.1 Å². The molecule has 4 nitrogen and oxygen atoms in total. The summed E-state index contributed by atoms with van der Waals surface area (Å²) in [5.74, 6) is 1.38. The molecule has 1 aliphatic heterocycles. The standard InChI is InChI=1S/C12H18N2O2/c1-3-9(4-2)12(15)14-6-5-11-10(8-14)7-13-16-11/h7,9H,3-6,8H2,1-2H3. The predicted octanol–water partition coefficient (Wildman–Crippen LogP) is 2.00. The van der Waals surface area contributed by atoms with E-state index >= 15 is 0 Å². The summed E-state index contributed by atoms with van der Waals surface area (Å²) in [7, 11) is 0. The average molecular weight is 222 g/mol. The number of hydrogen-bond donors (Lipinski definition) is 0. The Hall–Kier alpha value is -1.32. The molecule has 0 fully saturated rings. The largest absolute Gasteiger partial charge is 0.361 e. The normalized spacial score (nSPS) is 15.3. The molecular formula is C12H18N2O2. The van der Waals surface area contributed by atoms with Crippen LogP contribution < -0.4 is 0 Å². The van der Waals surface area contributed by atoms with Crippen LogP contribution in [0.3, 0.4) is 0 Å². The Labute approximate surface area is 95.6 Å². The molecule has 1 amide bonds. The number of nitrogens with zero attached hydrogens (tertiary/aromatic N) is 2. The summed E-state index contributed by atoms with van der Waals surface area (Å²) in [4.78, 5) is 14.1. The molecule has 0 saturated carbocycles. The van der Waals surface area contributed by atoms with E-state index in [1.807, 2.05) is 4.90 Å². The van der Waals surface area contributed by atoms with E-state index in [0.717, 1.165) is 37.1 Å². The van der Waals surface area contributed by atoms with Gasteiger partial charge in [-0.3, -0.25) is 4.79 Å². The molecule has 2 heterocycles. The Kier molecular flexibility index (Phi) is 3.27. The molecule has 0 aromatic carbocycles. The summed E-state index contributed by atoms with van der Waals surface area (Å²) in [6.07, 6.45) is 4.35. The number of carbonyl (C=O) groups excluding carboxylic acids is 1. The second-order valence-corrected chi connectivity index (χ2v) is 4.30. The fraction of sp³-hybridized carbons (Fsp3) is 0.667. The van der Waals surface area contributed by atoms with Crippen molar-refractivity contribution in [2.75, 3.05) is 6.54 Å². The molecule has 1 aromatic rings. The molecule has 0 bridgehead atoms. The molecule has 1 aromatic heterocycles. The van der Waals surface area contributed by atoms with Crippen LogP contribution in [-0.2, 0) is 17.8 Å². The highest BCUT2D eigenvalue weighted by atomic mass is 16.5. The molecule has 0 aliphatic carbocycles. The van der Waals surface area contributed by atoms with E-state index in [2.05, 4.69) is 19.0 Å². The van der Waals surface area contributed by atoms with Crippen LogP contribution in [-0.4, -0.2) is 22.5 Å². The van der Waals surface area contributed by atoms with E-state index in [1.165, 1.54) is 0 Å². The minimum Gasteiger partial charge on any atom is -0.361 e. The Balaban J connectivity index is 2.05. The highest BCUT2D eigenvalue weighted by molar-refractivity contribution is 5.79. The van der Waals surface area contributed by atoms with Crippen molar-refractivity contribution in [3.8, 4) is 0 Å². The SMILES string of the molecule is CCC(CC)C(=O)N1CCc2oncc2C1. The first kappa shape index (κ1) is 11.2. The van der Waals surface area contributed by atoms with Crippen LogP contribution >= 0.6 is 0 Å². The Morgan fingerprint density at radius 1 is 1.56 bits per heavy atom. The molecule has 88 valence electrons. The maximum Gasteiger partial charge on any atom is 0.225 e. The third-order valence-corrected chi connectivity index (χ3v) is 3.35. The highest BCUT2D eigenvalue weighted by Crippen LogP contribution is 2.21. The summed E-state index contributed by atoms with van der Waals surface area (Å²) in [5, 5.41) is 3.77. The Morgan fingerprint density at radius 3 is 3.00 bits per heavy atom. The molecule has 4 heteroatoms. The zero-order valence-electron chi connectivity index (χ0n) is 9.90. The van der Waals surface area contributed by atoms with Gasteiger partial charge in [0.15, 0.2) is 0 Å². The molecule has 0 spiro atoms. The third kappa shape index (κ3) is 1.96. The molecule has 0 saturated heterocycles. The molecule has 0 N–H and O–H groups in total. The van der Waals surface area contributed by atoms with E-state index in [4.69, 9.17) is 4.52 Å². The van der Waals surface area contributed by atoms with Gasteiger partial charge in [-0.05, 0) is 12.8 Å². The van der Waals surface area contributed by atoms with E-state index in [-0.39, 0.29) is 11.8 Å². The number of aromatic nitrogens is 1. The van der Waals surface area contributed by atoms with Crippen LogP contribution in [0.4, 0.5) is 0 Å². The Bertz CT molecular complexity index is 369. The number of rotatable bonds is 3. The topological polar surface area (TPSA) is 46.3 Å². The van der Waals surface area contributed by atoms with Gasteiger partial charge >= 0.3 is 0 Å². The van der Waals surface area contributed by atoms with E-state index < -0.39 is 0 Å². The maximum absolute atomic E-state index is 12.2. The van der Waals surface area contributed by atoms with Crippen molar-refractivity contribution in [3.63, 3.8) is 0 Å². The Morgan fingerprint density at radius 2 is 2.31 bits per heavy atom. The van der Waals surface area contributed by atoms with Crippen LogP contribution in [0.5, 0.6) is 0 Å². The summed E-state index contributed by atoms with van der Waals surface area (Å²) in [6, 6.07) is 0. The van der Waals surface area contributed by atoms with Crippen LogP contribution in [0.25, 0.3) is 0 Å². The highest BCUT2D eigenvalue weighted by Gasteiger charge is 2.26. The maximum atomic E-state index is 12.2. The van der Waals surface area contributed by atoms with Crippen LogP contribution in [0.1, 0.15) is 38.0 Å². The van der Waals surface area contributed by atoms with Crippen molar-refractivity contribution in [2.45, 2.75) is 39.7 Å². The monoisotopic (exact) mass is 222 g/mol. The van der Waals surface area contributed by atoms with E-state index in [0.29, 0.717) is 6.54 Å². The van der Waals surface area contributed by atoms with E-state index in [9.17, 15) is 4.79 Å². The van der Waals surface area contributed by atoms with Gasteiger partial charge in [0, 0.05) is 24.4 Å². The zero-order valence-corrected chi connectivity index (χ0v) is 9.90. The summed E-state index contributed by atoms with van der Waals surface area (Å²) in [6.45, 7) is 5.56. The molecular weight excluding hydrogens is 204 g/mol. The lowest BCUT2D eigenvalue weighted by Crippen LogP contribution is -2.39. The quantitative estimate of drug-likeness (QED) is 0.785. The minimum atomic E-state index is 0.168. The van der Waals surface area contributed by atoms with Crippen LogP contribution in [0.15, 0.2) is 10.7 Å². The van der Waals surface area contributed by atoms with Gasteiger partial charge in [0.25, 0.3) is 0 Å². The number of hydrogen-bond acceptors (Lipinski definition) is 3. The smallest absolute Gasteiger partial charge is 0.225 e. The van der Waals surface area contributed by atoms with Crippen molar-refractivity contribution in [3.05, 3.63) is 17.5 Å². The summed E-state index contributed by atoms with van der Waals surface area (Å²) in [5.41, 5.74) is 1.06. The minimum absolute atomic E-state index is 0.168. The van der Waals surface area contributed by atoms with Gasteiger partial charge in [0.2, 0.25) is 5.91 Å². The fourth-order valence-electron chi connectivity index (χ4n) is 2.22. The second-order valence-electron chi connectivity index (χ2n) is 4.30. The first-order valence-corrected chi connectivity index (χ1v) is 5.97. The molecule has 0 unspecified atom stereocenters. The number of amides is 1. The number of fused-ring (bicyclic) bond motifs is 1. The molecule has 0 atom stereocenters. The summed E-state index contributed by atoms with van der Waals surface area (Å²) < 4.78 is 5.11.